The van der Waals surface area contributed by atoms with E-state index in [4.69, 9.17) is 81.7 Å². The number of pyridine rings is 1. The van der Waals surface area contributed by atoms with Gasteiger partial charge in [-0.1, -0.05) is 137 Å². The van der Waals surface area contributed by atoms with Crippen LogP contribution in [0.1, 0.15) is 60.6 Å². The predicted molar refractivity (Wildman–Crippen MR) is 435 cm³/mol. The third-order valence-corrected chi connectivity index (χ3v) is 20.0. The molecule has 0 spiro atoms. The van der Waals surface area contributed by atoms with Crippen LogP contribution >= 0.6 is 58.0 Å². The Labute approximate surface area is 656 Å². The van der Waals surface area contributed by atoms with E-state index in [-0.39, 0.29) is 17.7 Å². The van der Waals surface area contributed by atoms with Crippen LogP contribution in [0.15, 0.2) is 200 Å². The van der Waals surface area contributed by atoms with E-state index in [1.807, 2.05) is 158 Å². The Kier molecular flexibility index (Phi) is 31.9. The van der Waals surface area contributed by atoms with Gasteiger partial charge in [-0.25, -0.2) is 26.2 Å². The molecule has 2 aliphatic heterocycles. The number of benzene rings is 9. The van der Waals surface area contributed by atoms with Crippen molar-refractivity contribution in [3.8, 4) is 55.6 Å². The molecule has 0 atom stereocenters. The largest absolute Gasteiger partial charge is 0.380 e. The number of ether oxygens (including phenoxy) is 5. The molecule has 108 heavy (non-hydrogen) atoms. The fourth-order valence-electron chi connectivity index (χ4n) is 11.8. The fourth-order valence-corrected chi connectivity index (χ4v) is 13.5. The fraction of sp³-hybridized carbons (Fsp3) is 0.244. The number of amides is 3. The quantitative estimate of drug-likeness (QED) is 0.0647. The Bertz CT molecular complexity index is 4960. The van der Waals surface area contributed by atoms with Gasteiger partial charge in [0.25, 0.3) is 0 Å². The normalized spacial score (nSPS) is 12.5. The van der Waals surface area contributed by atoms with Crippen LogP contribution in [0.4, 0.5) is 33.0 Å². The molecule has 1 aromatic heterocycles. The highest BCUT2D eigenvalue weighted by Gasteiger charge is 2.27. The third-order valence-electron chi connectivity index (χ3n) is 16.9. The number of rotatable bonds is 22. The van der Waals surface area contributed by atoms with Crippen molar-refractivity contribution in [3.05, 3.63) is 259 Å². The van der Waals surface area contributed by atoms with Gasteiger partial charge < -0.3 is 33.9 Å². The number of hydrogen-bond donors (Lipinski definition) is 2. The maximum atomic E-state index is 14.6. The molecule has 568 valence electrons. The molecule has 2 saturated heterocycles. The molecule has 3 heterocycles. The van der Waals surface area contributed by atoms with Crippen LogP contribution in [0.25, 0.3) is 55.6 Å². The summed E-state index contributed by atoms with van der Waals surface area (Å²) >= 11 is 29.6. The summed E-state index contributed by atoms with van der Waals surface area (Å²) in [5.74, 6) is 0.312. The van der Waals surface area contributed by atoms with Crippen LogP contribution in [-0.4, -0.2) is 108 Å². The van der Waals surface area contributed by atoms with Gasteiger partial charge in [-0.2, -0.15) is 0 Å². The highest BCUT2D eigenvalue weighted by atomic mass is 35.5. The first-order valence-electron chi connectivity index (χ1n) is 33.9. The van der Waals surface area contributed by atoms with Crippen molar-refractivity contribution in [2.75, 3.05) is 92.3 Å². The van der Waals surface area contributed by atoms with E-state index in [0.717, 1.165) is 115 Å². The van der Waals surface area contributed by atoms with Crippen LogP contribution in [0.5, 0.6) is 0 Å². The lowest BCUT2D eigenvalue weighted by Crippen LogP contribution is -2.25. The molecule has 0 aliphatic carbocycles. The third kappa shape index (κ3) is 24.6. The lowest BCUT2D eigenvalue weighted by Gasteiger charge is -2.20. The van der Waals surface area contributed by atoms with E-state index in [9.17, 15) is 35.6 Å². The van der Waals surface area contributed by atoms with Crippen molar-refractivity contribution >= 4 is 124 Å². The van der Waals surface area contributed by atoms with Crippen molar-refractivity contribution in [1.29, 1.82) is 0 Å². The number of anilines is 5. The summed E-state index contributed by atoms with van der Waals surface area (Å²) in [7, 11) is 3.03. The number of methoxy groups -OCH3 is 5. The first-order chi connectivity index (χ1) is 51.6. The predicted octanol–water partition coefficient (Wildman–Crippen LogP) is 19.3. The molecule has 26 heteroatoms. The van der Waals surface area contributed by atoms with Crippen molar-refractivity contribution < 1.29 is 59.3 Å². The molecule has 0 bridgehead atoms. The molecule has 2 fully saturated rings. The molecule has 18 nitrogen and oxygen atoms in total. The molecule has 0 saturated carbocycles. The number of hydrogen-bond acceptors (Lipinski definition) is 13. The van der Waals surface area contributed by atoms with Crippen molar-refractivity contribution in [2.45, 2.75) is 65.6 Å². The average molecular weight is 1610 g/mol. The molecule has 0 unspecified atom stereocenters. The smallest absolute Gasteiger partial charge is 0.231 e. The van der Waals surface area contributed by atoms with Gasteiger partial charge in [0.05, 0.1) is 62.6 Å². The number of carbonyl (C=O) groups excluding carboxylic acids is 3. The summed E-state index contributed by atoms with van der Waals surface area (Å²) in [5, 5.41) is 6.15. The minimum absolute atomic E-state index is 0.0356. The molecular weight excluding hydrogens is 1520 g/mol. The maximum Gasteiger partial charge on any atom is 0.231 e. The van der Waals surface area contributed by atoms with E-state index in [0.29, 0.717) is 100 Å². The Balaban J connectivity index is 0.000000170. The van der Waals surface area contributed by atoms with E-state index >= 15 is 0 Å². The lowest BCUT2D eigenvalue weighted by atomic mass is 9.98. The van der Waals surface area contributed by atoms with Crippen molar-refractivity contribution in [2.24, 2.45) is 0 Å². The molecule has 9 aromatic carbocycles. The highest BCUT2D eigenvalue weighted by Crippen LogP contribution is 2.37. The number of aromatic nitrogens is 1. The van der Waals surface area contributed by atoms with Gasteiger partial charge in [0, 0.05) is 118 Å². The number of carbonyl (C=O) groups is 3. The van der Waals surface area contributed by atoms with Gasteiger partial charge in [-0.15, -0.1) is 0 Å². The molecule has 3 amide bonds. The summed E-state index contributed by atoms with van der Waals surface area (Å²) < 4.78 is 90.5. The summed E-state index contributed by atoms with van der Waals surface area (Å²) in [6.45, 7) is 4.78. The molecule has 10 aromatic rings. The van der Waals surface area contributed by atoms with Gasteiger partial charge in [-0.05, 0) is 206 Å². The lowest BCUT2D eigenvalue weighted by molar-refractivity contribution is -0.117. The Morgan fingerprint density at radius 2 is 0.824 bits per heavy atom. The van der Waals surface area contributed by atoms with Crippen LogP contribution in [0, 0.1) is 5.82 Å². The van der Waals surface area contributed by atoms with Gasteiger partial charge in [0.15, 0.2) is 0 Å². The Morgan fingerprint density at radius 3 is 1.21 bits per heavy atom. The van der Waals surface area contributed by atoms with E-state index in [1.54, 1.807) is 76.8 Å². The topological polar surface area (TPSA) is 212 Å². The molecule has 12 rings (SSSR count). The monoisotopic (exact) mass is 1600 g/mol. The van der Waals surface area contributed by atoms with Crippen LogP contribution in [0.2, 0.25) is 25.1 Å². The second-order valence-electron chi connectivity index (χ2n) is 25.0. The Hall–Kier alpha value is -8.78. The number of halogens is 6. The van der Waals surface area contributed by atoms with Gasteiger partial charge in [0.1, 0.15) is 11.6 Å². The SMILES string of the molecule is COCc1cc(N(C)S(C)(=O)=O)ccc1-c1ccc(Cl)cc1.COCc1cc(N2CCCC2=O)c(F)cc1-c1ccc(Cl)cc1.COCc1cc(NC(C)=O)ccc1-c1ccc(Cl)cc1.COCc1cc(NS(C)(=O)=O)ccc1-c1ccc(Cl)cc1.COCc1nc(N2CCCC2=O)ccc1-c1ccc(Cl)cc1. The molecule has 2 N–H and O–H groups in total. The average Bonchev–Trinajstić information content (AvgIpc) is 1.79. The van der Waals surface area contributed by atoms with Crippen LogP contribution in [-0.2, 0) is 91.1 Å². The number of nitrogens with zero attached hydrogens (tertiary/aromatic N) is 4. The molecule has 0 radical (unpaired) electrons. The molecular formula is C82H84Cl5FN6O12S2. The van der Waals surface area contributed by atoms with Crippen LogP contribution in [0.3, 0.4) is 0 Å². The standard InChI is InChI=1S/C18H17ClFNO2.C17H17ClN2O2.C16H18ClNO3S.C16H16ClNO2.C15H16ClNO3S/c1-23-11-13-9-17(21-8-2-3-18(21)22)16(20)10-15(13)12-4-6-14(19)7-5-12;1-22-11-15-14(12-4-6-13(18)7-5-12)8-9-16(19-15)20-10-2-3-17(20)21;1-18(22(3,19)20)15-8-9-16(13(10-15)11-21-2)12-4-6-14(17)7-5-12;1-11(19)18-15-7-8-16(13(9-15)10-20-2)12-3-5-14(17)6-4-12;1-20-10-12-9-14(17-21(2,18)19)7-8-15(12)11-3-5-13(16)6-4-11/h4-7,9-10H,2-3,8,11H2,1H3;4-9H,2-3,10-11H2,1H3;4-10H,11H2,1-3H3;3-9H,10H2,1-2H3,(H,18,19);3-9,17H,10H2,1-2H3. The minimum Gasteiger partial charge on any atom is -0.380 e. The van der Waals surface area contributed by atoms with Gasteiger partial charge in [0.2, 0.25) is 37.8 Å². The minimum atomic E-state index is -3.30. The van der Waals surface area contributed by atoms with E-state index in [2.05, 4.69) is 15.0 Å². The summed E-state index contributed by atoms with van der Waals surface area (Å²) in [6, 6.07) is 61.2. The number of nitrogens with one attached hydrogen (secondary N) is 2. The zero-order chi connectivity index (χ0) is 78.2. The first-order valence-corrected chi connectivity index (χ1v) is 39.5. The van der Waals surface area contributed by atoms with E-state index in [1.165, 1.54) is 35.5 Å². The zero-order valence-electron chi connectivity index (χ0n) is 61.1. The zero-order valence-corrected chi connectivity index (χ0v) is 66.5. The van der Waals surface area contributed by atoms with Crippen LogP contribution < -0.4 is 24.1 Å². The van der Waals surface area contributed by atoms with Gasteiger partial charge in [-0.3, -0.25) is 28.3 Å². The second kappa shape index (κ2) is 40.6. The second-order valence-corrected chi connectivity index (χ2v) is 30.9. The first kappa shape index (κ1) is 84.8. The summed E-state index contributed by atoms with van der Waals surface area (Å²) in [6.07, 6.45) is 5.01. The van der Waals surface area contributed by atoms with Crippen molar-refractivity contribution in [3.63, 3.8) is 0 Å². The van der Waals surface area contributed by atoms with Crippen molar-refractivity contribution in [1.82, 2.24) is 4.98 Å². The summed E-state index contributed by atoms with van der Waals surface area (Å²) in [4.78, 5) is 42.8. The molecule has 2 aliphatic rings. The highest BCUT2D eigenvalue weighted by molar-refractivity contribution is 7.92. The Morgan fingerprint density at radius 1 is 0.463 bits per heavy atom. The van der Waals surface area contributed by atoms with E-state index < -0.39 is 25.9 Å². The summed E-state index contributed by atoms with van der Waals surface area (Å²) in [5.41, 5.74) is 16.4. The van der Waals surface area contributed by atoms with Gasteiger partial charge >= 0.3 is 0 Å². The number of sulfonamides is 2. The maximum absolute atomic E-state index is 14.6.